The zero-order valence-corrected chi connectivity index (χ0v) is 21.2. The molecule has 0 heterocycles. The standard InChI is InChI=1S/C27H36Si2/c1-26(2,3)28(4,5)29(6,7)27(23-17-11-8-12-18-23,24-19-13-9-14-20-24)25-21-15-10-16-22-25/h8-22H,1-7H3. The fraction of sp³-hybridized carbons (Fsp3) is 0.333. The van der Waals surface area contributed by atoms with Crippen LogP contribution in [0.4, 0.5) is 0 Å². The predicted molar refractivity (Wildman–Crippen MR) is 134 cm³/mol. The van der Waals surface area contributed by atoms with E-state index in [0.29, 0.717) is 5.04 Å². The highest BCUT2D eigenvalue weighted by atomic mass is 29.3. The summed E-state index contributed by atoms with van der Waals surface area (Å²) in [5, 5.41) is 0.242. The average Bonchev–Trinajstić information content (AvgIpc) is 2.70. The Morgan fingerprint density at radius 1 is 0.448 bits per heavy atom. The lowest BCUT2D eigenvalue weighted by molar-refractivity contribution is 0.724. The van der Waals surface area contributed by atoms with Gasteiger partial charge in [-0.2, -0.15) is 0 Å². The van der Waals surface area contributed by atoms with E-state index in [2.05, 4.69) is 138 Å². The number of benzene rings is 3. The summed E-state index contributed by atoms with van der Waals surface area (Å²) in [5.41, 5.74) is 4.33. The van der Waals surface area contributed by atoms with E-state index < -0.39 is 15.2 Å². The second-order valence-corrected chi connectivity index (χ2v) is 26.6. The molecule has 0 aliphatic carbocycles. The Morgan fingerprint density at radius 2 is 0.724 bits per heavy atom. The van der Waals surface area contributed by atoms with Crippen molar-refractivity contribution in [3.63, 3.8) is 0 Å². The van der Waals surface area contributed by atoms with Crippen molar-refractivity contribution in [2.75, 3.05) is 0 Å². The first kappa shape index (κ1) is 21.8. The molecule has 0 unspecified atom stereocenters. The van der Waals surface area contributed by atoms with Crippen molar-refractivity contribution in [1.29, 1.82) is 0 Å². The lowest BCUT2D eigenvalue weighted by atomic mass is 9.84. The molecule has 0 spiro atoms. The third-order valence-electron chi connectivity index (χ3n) is 8.00. The topological polar surface area (TPSA) is 0 Å². The molecule has 29 heavy (non-hydrogen) atoms. The van der Waals surface area contributed by atoms with Gasteiger partial charge < -0.3 is 0 Å². The zero-order chi connectivity index (χ0) is 21.3. The smallest absolute Gasteiger partial charge is 0.0643 e. The molecule has 0 aliphatic rings. The molecule has 2 heteroatoms. The maximum Gasteiger partial charge on any atom is 0.0643 e. The first-order valence-electron chi connectivity index (χ1n) is 10.7. The van der Waals surface area contributed by atoms with E-state index in [1.807, 2.05) is 0 Å². The van der Waals surface area contributed by atoms with Crippen LogP contribution in [0, 0.1) is 0 Å². The summed E-state index contributed by atoms with van der Waals surface area (Å²) in [5.74, 6) is 0. The summed E-state index contributed by atoms with van der Waals surface area (Å²) < 4.78 is 0. The molecule has 0 radical (unpaired) electrons. The second-order valence-electron chi connectivity index (χ2n) is 10.3. The maximum absolute atomic E-state index is 2.66. The van der Waals surface area contributed by atoms with Gasteiger partial charge in [-0.1, -0.05) is 138 Å². The van der Waals surface area contributed by atoms with Gasteiger partial charge in [-0.25, -0.2) is 0 Å². The molecule has 3 rings (SSSR count). The molecule has 3 aromatic rings. The van der Waals surface area contributed by atoms with Gasteiger partial charge in [0.05, 0.1) is 7.59 Å². The number of rotatable bonds is 5. The van der Waals surface area contributed by atoms with Crippen LogP contribution in [0.1, 0.15) is 37.5 Å². The Balaban J connectivity index is 2.50. The van der Waals surface area contributed by atoms with Gasteiger partial charge in [-0.15, -0.1) is 0 Å². The first-order chi connectivity index (χ1) is 13.6. The minimum Gasteiger partial charge on any atom is -0.0708 e. The second kappa shape index (κ2) is 7.73. The van der Waals surface area contributed by atoms with E-state index >= 15 is 0 Å². The lowest BCUT2D eigenvalue weighted by Gasteiger charge is -2.58. The molecule has 152 valence electrons. The van der Waals surface area contributed by atoms with Crippen molar-refractivity contribution >= 4 is 15.2 Å². The SMILES string of the molecule is CC(C)(C)[Si](C)(C)[Si](C)(C)C(c1ccccc1)(c1ccccc1)c1ccccc1. The van der Waals surface area contributed by atoms with E-state index in [-0.39, 0.29) is 5.04 Å². The van der Waals surface area contributed by atoms with E-state index in [1.165, 1.54) is 16.7 Å². The van der Waals surface area contributed by atoms with Crippen molar-refractivity contribution in [1.82, 2.24) is 0 Å². The zero-order valence-electron chi connectivity index (χ0n) is 19.2. The summed E-state index contributed by atoms with van der Waals surface area (Å²) in [7, 11) is -3.61. The summed E-state index contributed by atoms with van der Waals surface area (Å²) in [4.78, 5) is 0. The molecule has 0 saturated heterocycles. The summed E-state index contributed by atoms with van der Waals surface area (Å²) >= 11 is 0. The normalized spacial score (nSPS) is 13.3. The van der Waals surface area contributed by atoms with Gasteiger partial charge in [-0.05, 0) is 21.7 Å². The Labute approximate surface area is 179 Å². The highest BCUT2D eigenvalue weighted by Gasteiger charge is 2.61. The van der Waals surface area contributed by atoms with Crippen LogP contribution in [0.2, 0.25) is 31.2 Å². The Kier molecular flexibility index (Phi) is 5.81. The fourth-order valence-corrected chi connectivity index (χ4v) is 20.3. The summed E-state index contributed by atoms with van der Waals surface area (Å²) in [6, 6.07) is 33.9. The maximum atomic E-state index is 2.66. The van der Waals surface area contributed by atoms with E-state index in [4.69, 9.17) is 0 Å². The van der Waals surface area contributed by atoms with Crippen LogP contribution in [-0.4, -0.2) is 15.2 Å². The highest BCUT2D eigenvalue weighted by Crippen LogP contribution is 2.54. The van der Waals surface area contributed by atoms with Crippen LogP contribution < -0.4 is 0 Å². The third kappa shape index (κ3) is 3.36. The van der Waals surface area contributed by atoms with E-state index in [1.54, 1.807) is 0 Å². The fourth-order valence-electron chi connectivity index (χ4n) is 5.05. The largest absolute Gasteiger partial charge is 0.0708 e. The molecule has 0 aliphatic heterocycles. The van der Waals surface area contributed by atoms with Crippen molar-refractivity contribution in [2.45, 2.75) is 57.0 Å². The van der Waals surface area contributed by atoms with E-state index in [0.717, 1.165) is 0 Å². The average molecular weight is 417 g/mol. The van der Waals surface area contributed by atoms with Crippen LogP contribution in [0.3, 0.4) is 0 Å². The van der Waals surface area contributed by atoms with Crippen LogP contribution in [0.25, 0.3) is 0 Å². The Morgan fingerprint density at radius 3 is 0.966 bits per heavy atom. The predicted octanol–water partition coefficient (Wildman–Crippen LogP) is 7.86. The van der Waals surface area contributed by atoms with Crippen LogP contribution in [0.15, 0.2) is 91.0 Å². The van der Waals surface area contributed by atoms with E-state index in [9.17, 15) is 0 Å². The first-order valence-corrected chi connectivity index (χ1v) is 17.7. The third-order valence-corrected chi connectivity index (χ3v) is 30.4. The van der Waals surface area contributed by atoms with Gasteiger partial charge in [0.1, 0.15) is 0 Å². The Bertz CT molecular complexity index is 824. The molecule has 0 aromatic heterocycles. The molecule has 0 N–H and O–H groups in total. The number of hydrogen-bond acceptors (Lipinski definition) is 0. The molecule has 0 bridgehead atoms. The quantitative estimate of drug-likeness (QED) is 0.293. The minimum atomic E-state index is -1.93. The molecule has 0 nitrogen and oxygen atoms in total. The molecule has 3 aromatic carbocycles. The lowest BCUT2D eigenvalue weighted by Crippen LogP contribution is -2.71. The van der Waals surface area contributed by atoms with Crippen molar-refractivity contribution < 1.29 is 0 Å². The monoisotopic (exact) mass is 416 g/mol. The Hall–Kier alpha value is -1.91. The van der Waals surface area contributed by atoms with Gasteiger partial charge in [0.25, 0.3) is 0 Å². The summed E-state index contributed by atoms with van der Waals surface area (Å²) in [6.07, 6.45) is 0. The number of hydrogen-bond donors (Lipinski definition) is 0. The van der Waals surface area contributed by atoms with Crippen molar-refractivity contribution in [3.05, 3.63) is 108 Å². The molecule has 0 fully saturated rings. The van der Waals surface area contributed by atoms with Gasteiger partial charge in [0, 0.05) is 12.6 Å². The van der Waals surface area contributed by atoms with Crippen LogP contribution in [-0.2, 0) is 5.04 Å². The van der Waals surface area contributed by atoms with Gasteiger partial charge >= 0.3 is 0 Å². The summed E-state index contributed by atoms with van der Waals surface area (Å²) in [6.45, 7) is 18.0. The van der Waals surface area contributed by atoms with Gasteiger partial charge in [0.2, 0.25) is 0 Å². The van der Waals surface area contributed by atoms with Gasteiger partial charge in [-0.3, -0.25) is 0 Å². The molecule has 0 amide bonds. The van der Waals surface area contributed by atoms with Gasteiger partial charge in [0.15, 0.2) is 0 Å². The molecular weight excluding hydrogens is 380 g/mol. The van der Waals surface area contributed by atoms with Crippen molar-refractivity contribution in [3.8, 4) is 0 Å². The highest BCUT2D eigenvalue weighted by molar-refractivity contribution is 7.43. The molecule has 0 atom stereocenters. The molecule has 0 saturated carbocycles. The minimum absolute atomic E-state index is 0.0835. The van der Waals surface area contributed by atoms with Crippen molar-refractivity contribution in [2.24, 2.45) is 0 Å². The van der Waals surface area contributed by atoms with Crippen LogP contribution in [0.5, 0.6) is 0 Å². The molecular formula is C27H36Si2. The van der Waals surface area contributed by atoms with Crippen LogP contribution >= 0.6 is 0 Å².